The normalized spacial score (nSPS) is 21.0. The number of carbonyl (C=O) groups excluding carboxylic acids is 2. The lowest BCUT2D eigenvalue weighted by Gasteiger charge is -2.43. The lowest BCUT2D eigenvalue weighted by molar-refractivity contribution is -0.558. The van der Waals surface area contributed by atoms with Gasteiger partial charge in [-0.3, -0.25) is 19.7 Å². The zero-order chi connectivity index (χ0) is 29.0. The molecular formula is C27H31NO10S. The summed E-state index contributed by atoms with van der Waals surface area (Å²) in [4.78, 5) is 35.7. The summed E-state index contributed by atoms with van der Waals surface area (Å²) in [5, 5.41) is 34.8. The largest absolute Gasteiger partial charge is 0.504 e. The number of aromatic hydroxyl groups is 2. The van der Waals surface area contributed by atoms with Gasteiger partial charge < -0.3 is 29.2 Å². The van der Waals surface area contributed by atoms with Crippen LogP contribution in [-0.2, 0) is 25.5 Å². The molecule has 0 aliphatic carbocycles. The second kappa shape index (κ2) is 11.9. The van der Waals surface area contributed by atoms with Crippen LogP contribution in [0.15, 0.2) is 41.8 Å². The maximum Gasteiger partial charge on any atom is 0.321 e. The molecule has 3 rings (SSSR count). The number of phenolic OH excluding ortho intramolecular Hbond substituents is 2. The van der Waals surface area contributed by atoms with Gasteiger partial charge in [-0.25, -0.2) is 0 Å². The Kier molecular flexibility index (Phi) is 9.00. The highest BCUT2D eigenvalue weighted by molar-refractivity contribution is 8.03. The molecule has 1 aliphatic heterocycles. The Bertz CT molecular complexity index is 1300. The third-order valence-corrected chi connectivity index (χ3v) is 7.81. The molecule has 210 valence electrons. The summed E-state index contributed by atoms with van der Waals surface area (Å²) >= 11 is 0.812. The van der Waals surface area contributed by atoms with E-state index in [1.165, 1.54) is 62.9 Å². The van der Waals surface area contributed by atoms with E-state index in [9.17, 15) is 29.9 Å². The van der Waals surface area contributed by atoms with Gasteiger partial charge in [0, 0.05) is 23.8 Å². The van der Waals surface area contributed by atoms with E-state index in [2.05, 4.69) is 0 Å². The Morgan fingerprint density at radius 1 is 1.08 bits per heavy atom. The van der Waals surface area contributed by atoms with E-state index >= 15 is 0 Å². The van der Waals surface area contributed by atoms with E-state index in [4.69, 9.17) is 18.9 Å². The molecule has 3 unspecified atom stereocenters. The number of hydrogen-bond donors (Lipinski definition) is 2. The fourth-order valence-corrected chi connectivity index (χ4v) is 6.17. The number of carbonyl (C=O) groups is 2. The number of thioether (sulfide) groups is 1. The van der Waals surface area contributed by atoms with Crippen molar-refractivity contribution in [3.8, 4) is 23.0 Å². The molecule has 1 aliphatic rings. The average Bonchev–Trinajstić information content (AvgIpc) is 3.20. The Morgan fingerprint density at radius 3 is 2.26 bits per heavy atom. The molecule has 0 spiro atoms. The van der Waals surface area contributed by atoms with Crippen LogP contribution in [-0.4, -0.2) is 57.9 Å². The number of phenols is 2. The minimum Gasteiger partial charge on any atom is -0.504 e. The van der Waals surface area contributed by atoms with Crippen LogP contribution in [0.5, 0.6) is 23.0 Å². The van der Waals surface area contributed by atoms with Crippen molar-refractivity contribution in [2.24, 2.45) is 0 Å². The van der Waals surface area contributed by atoms with Gasteiger partial charge in [-0.05, 0) is 65.9 Å². The van der Waals surface area contributed by atoms with Gasteiger partial charge in [-0.15, -0.1) is 0 Å². The number of benzene rings is 2. The van der Waals surface area contributed by atoms with Crippen LogP contribution in [0, 0.1) is 10.1 Å². The van der Waals surface area contributed by atoms with Crippen molar-refractivity contribution in [2.45, 2.75) is 56.6 Å². The summed E-state index contributed by atoms with van der Waals surface area (Å²) in [6.07, 6.45) is -1.09. The third-order valence-electron chi connectivity index (χ3n) is 6.47. The molecule has 1 heterocycles. The standard InChI is InChI=1S/C27H31NO10S/c1-6-7-25(32)37-16(2)27(38-17(3)29)20(19-9-11-22(31)24(13-19)36-5)15-39-26(27,28(33)34)14-18-8-10-21(30)23(12-18)35-4/h8-13,15-16,30-31H,6-7,14H2,1-5H3. The van der Waals surface area contributed by atoms with E-state index in [0.717, 1.165) is 18.7 Å². The summed E-state index contributed by atoms with van der Waals surface area (Å²) in [6.45, 7) is 4.35. The highest BCUT2D eigenvalue weighted by Crippen LogP contribution is 2.58. The molecule has 0 aromatic heterocycles. The van der Waals surface area contributed by atoms with Crippen molar-refractivity contribution >= 4 is 29.3 Å². The summed E-state index contributed by atoms with van der Waals surface area (Å²) in [6, 6.07) is 8.61. The van der Waals surface area contributed by atoms with Gasteiger partial charge in [0.25, 0.3) is 5.60 Å². The number of ether oxygens (including phenoxy) is 4. The first-order valence-corrected chi connectivity index (χ1v) is 13.0. The fraction of sp³-hybridized carbons (Fsp3) is 0.407. The first kappa shape index (κ1) is 29.6. The minimum atomic E-state index is -2.12. The molecular weight excluding hydrogens is 530 g/mol. The predicted octanol–water partition coefficient (Wildman–Crippen LogP) is 4.45. The second-order valence-electron chi connectivity index (χ2n) is 8.97. The van der Waals surface area contributed by atoms with E-state index in [1.54, 1.807) is 6.92 Å². The van der Waals surface area contributed by atoms with Crippen molar-refractivity contribution in [2.75, 3.05) is 14.2 Å². The molecule has 0 amide bonds. The molecule has 3 atom stereocenters. The van der Waals surface area contributed by atoms with Gasteiger partial charge in [-0.2, -0.15) is 0 Å². The van der Waals surface area contributed by atoms with Crippen molar-refractivity contribution < 1.29 is 43.7 Å². The molecule has 0 fully saturated rings. The number of nitro groups is 1. The molecule has 0 saturated carbocycles. The highest BCUT2D eigenvalue weighted by atomic mass is 32.2. The molecule has 39 heavy (non-hydrogen) atoms. The van der Waals surface area contributed by atoms with Crippen LogP contribution >= 0.6 is 11.8 Å². The van der Waals surface area contributed by atoms with Crippen molar-refractivity contribution in [1.29, 1.82) is 0 Å². The van der Waals surface area contributed by atoms with Crippen LogP contribution in [0.1, 0.15) is 44.7 Å². The average molecular weight is 562 g/mol. The first-order chi connectivity index (χ1) is 18.4. The van der Waals surface area contributed by atoms with E-state index < -0.39 is 33.4 Å². The molecule has 2 aromatic carbocycles. The van der Waals surface area contributed by atoms with Crippen molar-refractivity contribution in [1.82, 2.24) is 0 Å². The van der Waals surface area contributed by atoms with E-state index in [0.29, 0.717) is 17.5 Å². The Balaban J connectivity index is 2.31. The summed E-state index contributed by atoms with van der Waals surface area (Å²) in [5.41, 5.74) is -1.18. The summed E-state index contributed by atoms with van der Waals surface area (Å²) in [7, 11) is 2.70. The Labute approximate surface area is 229 Å². The zero-order valence-corrected chi connectivity index (χ0v) is 23.1. The Morgan fingerprint density at radius 2 is 1.69 bits per heavy atom. The molecule has 0 radical (unpaired) electrons. The molecule has 0 saturated heterocycles. The van der Waals surface area contributed by atoms with Gasteiger partial charge in [0.05, 0.1) is 20.6 Å². The molecule has 2 aromatic rings. The monoisotopic (exact) mass is 561 g/mol. The number of rotatable bonds is 11. The van der Waals surface area contributed by atoms with Gasteiger partial charge in [0.15, 0.2) is 29.1 Å². The smallest absolute Gasteiger partial charge is 0.321 e. The quantitative estimate of drug-likeness (QED) is 0.227. The molecule has 0 bridgehead atoms. The van der Waals surface area contributed by atoms with Crippen molar-refractivity contribution in [3.63, 3.8) is 0 Å². The van der Waals surface area contributed by atoms with Crippen LogP contribution in [0.4, 0.5) is 0 Å². The van der Waals surface area contributed by atoms with Crippen LogP contribution in [0.3, 0.4) is 0 Å². The fourth-order valence-electron chi connectivity index (χ4n) is 4.72. The predicted molar refractivity (Wildman–Crippen MR) is 143 cm³/mol. The summed E-state index contributed by atoms with van der Waals surface area (Å²) in [5.74, 6) is -1.57. The van der Waals surface area contributed by atoms with Gasteiger partial charge in [0.2, 0.25) is 0 Å². The Hall–Kier alpha value is -3.93. The van der Waals surface area contributed by atoms with Crippen LogP contribution in [0.25, 0.3) is 5.57 Å². The van der Waals surface area contributed by atoms with E-state index in [1.807, 2.05) is 0 Å². The van der Waals surface area contributed by atoms with Crippen molar-refractivity contribution in [3.05, 3.63) is 63.0 Å². The maximum atomic E-state index is 13.1. The number of nitrogens with zero attached hydrogens (tertiary/aromatic N) is 1. The molecule has 12 heteroatoms. The minimum absolute atomic E-state index is 0.0559. The second-order valence-corrected chi connectivity index (χ2v) is 10.1. The number of methoxy groups -OCH3 is 2. The molecule has 2 N–H and O–H groups in total. The van der Waals surface area contributed by atoms with Crippen LogP contribution in [0.2, 0.25) is 0 Å². The lowest BCUT2D eigenvalue weighted by Crippen LogP contribution is -2.64. The van der Waals surface area contributed by atoms with Gasteiger partial charge >= 0.3 is 16.8 Å². The highest BCUT2D eigenvalue weighted by Gasteiger charge is 2.73. The lowest BCUT2D eigenvalue weighted by atomic mass is 9.76. The van der Waals surface area contributed by atoms with Gasteiger partial charge in [0.1, 0.15) is 0 Å². The molecule has 11 nitrogen and oxygen atoms in total. The zero-order valence-electron chi connectivity index (χ0n) is 22.3. The topological polar surface area (TPSA) is 155 Å². The number of esters is 2. The van der Waals surface area contributed by atoms with Gasteiger partial charge in [-0.1, -0.05) is 19.1 Å². The maximum absolute atomic E-state index is 13.1. The third kappa shape index (κ3) is 5.47. The number of hydrogen-bond acceptors (Lipinski definition) is 11. The first-order valence-electron chi connectivity index (χ1n) is 12.1. The SMILES string of the molecule is CCCC(=O)OC(C)C1(OC(C)=O)C(c2ccc(O)c(OC)c2)=CSC1(Cc1ccc(O)c(OC)c1)[N+](=O)[O-]. The van der Waals surface area contributed by atoms with Crippen LogP contribution < -0.4 is 9.47 Å². The van der Waals surface area contributed by atoms with E-state index in [-0.39, 0.29) is 41.4 Å². The summed E-state index contributed by atoms with van der Waals surface area (Å²) < 4.78 is 22.0.